The molecule has 0 spiro atoms. The number of hydrazine groups is 1. The summed E-state index contributed by atoms with van der Waals surface area (Å²) in [6, 6.07) is 8.98. The number of rotatable bonds is 2. The Morgan fingerprint density at radius 1 is 1.23 bits per heavy atom. The van der Waals surface area contributed by atoms with E-state index in [0.717, 1.165) is 38.2 Å². The van der Waals surface area contributed by atoms with E-state index < -0.39 is 0 Å². The highest BCUT2D eigenvalue weighted by Gasteiger charge is 2.21. The van der Waals surface area contributed by atoms with Crippen LogP contribution >= 0.6 is 0 Å². The second-order valence-electron chi connectivity index (χ2n) is 6.08. The largest absolute Gasteiger partial charge is 0.314 e. The maximum absolute atomic E-state index is 4.80. The number of piperazine rings is 1. The molecule has 0 bridgehead atoms. The second kappa shape index (κ2) is 5.66. The first-order valence-electron chi connectivity index (χ1n) is 7.99. The maximum atomic E-state index is 4.80. The quantitative estimate of drug-likeness (QED) is 0.886. The number of anilines is 1. The molecule has 1 aromatic heterocycles. The van der Waals surface area contributed by atoms with Crippen LogP contribution in [-0.2, 0) is 12.8 Å². The van der Waals surface area contributed by atoms with E-state index in [1.54, 1.807) is 0 Å². The number of hydrogen-bond acceptors (Lipinski definition) is 5. The maximum Gasteiger partial charge on any atom is 0.238 e. The number of nitrogens with one attached hydrogen (secondary N) is 2. The molecule has 0 radical (unpaired) electrons. The Kier molecular flexibility index (Phi) is 3.52. The van der Waals surface area contributed by atoms with Gasteiger partial charge in [0.05, 0.1) is 5.69 Å². The standard InChI is InChI=1S/C17H21N5/c1-12-10-18-8-9-22(12)21-17-19-11-14-7-6-13-4-2-3-5-15(13)16(14)20-17/h2-5,11-12,18H,6-10H2,1H3,(H,19,20,21). The van der Waals surface area contributed by atoms with E-state index in [1.807, 2.05) is 6.20 Å². The molecule has 4 rings (SSSR count). The van der Waals surface area contributed by atoms with E-state index in [1.165, 1.54) is 16.7 Å². The smallest absolute Gasteiger partial charge is 0.238 e. The predicted octanol–water partition coefficient (Wildman–Crippen LogP) is 1.86. The summed E-state index contributed by atoms with van der Waals surface area (Å²) in [5.41, 5.74) is 8.35. The van der Waals surface area contributed by atoms with Gasteiger partial charge in [0.2, 0.25) is 5.95 Å². The minimum atomic E-state index is 0.431. The molecule has 5 heteroatoms. The molecular weight excluding hydrogens is 274 g/mol. The molecule has 1 saturated heterocycles. The van der Waals surface area contributed by atoms with Gasteiger partial charge in [-0.05, 0) is 30.9 Å². The third-order valence-electron chi connectivity index (χ3n) is 4.55. The molecule has 1 atom stereocenters. The van der Waals surface area contributed by atoms with Crippen LogP contribution in [0.15, 0.2) is 30.5 Å². The van der Waals surface area contributed by atoms with Crippen LogP contribution in [0.2, 0.25) is 0 Å². The van der Waals surface area contributed by atoms with Gasteiger partial charge in [0.15, 0.2) is 0 Å². The Labute approximate surface area is 130 Å². The first-order chi connectivity index (χ1) is 10.8. The molecule has 0 amide bonds. The van der Waals surface area contributed by atoms with Crippen molar-refractivity contribution < 1.29 is 0 Å². The van der Waals surface area contributed by atoms with Crippen molar-refractivity contribution in [2.75, 3.05) is 25.1 Å². The third-order valence-corrected chi connectivity index (χ3v) is 4.55. The molecule has 1 unspecified atom stereocenters. The zero-order valence-corrected chi connectivity index (χ0v) is 12.8. The lowest BCUT2D eigenvalue weighted by molar-refractivity contribution is 0.210. The van der Waals surface area contributed by atoms with Crippen molar-refractivity contribution in [1.82, 2.24) is 20.3 Å². The first kappa shape index (κ1) is 13.7. The van der Waals surface area contributed by atoms with Crippen LogP contribution < -0.4 is 10.7 Å². The van der Waals surface area contributed by atoms with Crippen LogP contribution in [0.3, 0.4) is 0 Å². The molecule has 1 aromatic carbocycles. The summed E-state index contributed by atoms with van der Waals surface area (Å²) in [5, 5.41) is 5.61. The van der Waals surface area contributed by atoms with Crippen LogP contribution in [0, 0.1) is 0 Å². The van der Waals surface area contributed by atoms with Gasteiger partial charge in [0.1, 0.15) is 0 Å². The molecule has 2 heterocycles. The Hall–Kier alpha value is -1.98. The fourth-order valence-corrected chi connectivity index (χ4v) is 3.25. The number of aromatic nitrogens is 2. The lowest BCUT2D eigenvalue weighted by Crippen LogP contribution is -2.52. The monoisotopic (exact) mass is 295 g/mol. The number of fused-ring (bicyclic) bond motifs is 3. The molecule has 2 N–H and O–H groups in total. The van der Waals surface area contributed by atoms with Crippen LogP contribution in [-0.4, -0.2) is 40.7 Å². The molecule has 2 aromatic rings. The van der Waals surface area contributed by atoms with Crippen LogP contribution in [0.5, 0.6) is 0 Å². The predicted molar refractivity (Wildman–Crippen MR) is 87.5 cm³/mol. The van der Waals surface area contributed by atoms with Gasteiger partial charge >= 0.3 is 0 Å². The molecule has 2 aliphatic rings. The van der Waals surface area contributed by atoms with Gasteiger partial charge in [0, 0.05) is 37.4 Å². The van der Waals surface area contributed by atoms with E-state index in [9.17, 15) is 0 Å². The fraction of sp³-hybridized carbons (Fsp3) is 0.412. The molecular formula is C17H21N5. The highest BCUT2D eigenvalue weighted by Crippen LogP contribution is 2.31. The fourth-order valence-electron chi connectivity index (χ4n) is 3.25. The van der Waals surface area contributed by atoms with Gasteiger partial charge in [-0.1, -0.05) is 24.3 Å². The van der Waals surface area contributed by atoms with Gasteiger partial charge in [-0.15, -0.1) is 0 Å². The van der Waals surface area contributed by atoms with Crippen molar-refractivity contribution in [3.05, 3.63) is 41.6 Å². The van der Waals surface area contributed by atoms with Gasteiger partial charge in [0.25, 0.3) is 0 Å². The number of benzene rings is 1. The molecule has 1 fully saturated rings. The summed E-state index contributed by atoms with van der Waals surface area (Å²) < 4.78 is 0. The van der Waals surface area contributed by atoms with Crippen molar-refractivity contribution in [1.29, 1.82) is 0 Å². The molecule has 0 saturated carbocycles. The van der Waals surface area contributed by atoms with E-state index in [2.05, 4.69) is 51.9 Å². The summed E-state index contributed by atoms with van der Waals surface area (Å²) in [5.74, 6) is 0.698. The number of aryl methyl sites for hydroxylation is 2. The van der Waals surface area contributed by atoms with E-state index >= 15 is 0 Å². The van der Waals surface area contributed by atoms with Crippen LogP contribution in [0.1, 0.15) is 18.1 Å². The zero-order chi connectivity index (χ0) is 14.9. The highest BCUT2D eigenvalue weighted by atomic mass is 15.6. The number of nitrogens with zero attached hydrogens (tertiary/aromatic N) is 3. The summed E-state index contributed by atoms with van der Waals surface area (Å²) >= 11 is 0. The van der Waals surface area contributed by atoms with E-state index in [0.29, 0.717) is 12.0 Å². The zero-order valence-electron chi connectivity index (χ0n) is 12.8. The topological polar surface area (TPSA) is 53.1 Å². The highest BCUT2D eigenvalue weighted by molar-refractivity contribution is 5.69. The average Bonchev–Trinajstić information content (AvgIpc) is 2.57. The summed E-state index contributed by atoms with van der Waals surface area (Å²) in [6.45, 7) is 5.14. The van der Waals surface area contributed by atoms with Gasteiger partial charge in [-0.3, -0.25) is 5.43 Å². The van der Waals surface area contributed by atoms with Crippen molar-refractivity contribution in [3.8, 4) is 11.3 Å². The van der Waals surface area contributed by atoms with Crippen molar-refractivity contribution >= 4 is 5.95 Å². The Morgan fingerprint density at radius 2 is 2.09 bits per heavy atom. The molecule has 5 nitrogen and oxygen atoms in total. The first-order valence-corrected chi connectivity index (χ1v) is 7.99. The summed E-state index contributed by atoms with van der Waals surface area (Å²) in [6.07, 6.45) is 4.08. The Balaban J connectivity index is 1.64. The van der Waals surface area contributed by atoms with Crippen molar-refractivity contribution in [3.63, 3.8) is 0 Å². The third kappa shape index (κ3) is 2.46. The molecule has 1 aliphatic heterocycles. The van der Waals surface area contributed by atoms with Gasteiger partial charge in [-0.2, -0.15) is 0 Å². The van der Waals surface area contributed by atoms with Gasteiger partial charge in [-0.25, -0.2) is 15.0 Å². The van der Waals surface area contributed by atoms with E-state index in [-0.39, 0.29) is 0 Å². The molecule has 114 valence electrons. The molecule has 22 heavy (non-hydrogen) atoms. The van der Waals surface area contributed by atoms with Gasteiger partial charge < -0.3 is 5.32 Å². The Morgan fingerprint density at radius 3 is 3.00 bits per heavy atom. The Bertz CT molecular complexity index is 684. The summed E-state index contributed by atoms with van der Waals surface area (Å²) in [4.78, 5) is 9.31. The van der Waals surface area contributed by atoms with E-state index in [4.69, 9.17) is 4.98 Å². The second-order valence-corrected chi connectivity index (χ2v) is 6.08. The summed E-state index contributed by atoms with van der Waals surface area (Å²) in [7, 11) is 0. The minimum absolute atomic E-state index is 0.431. The normalized spacial score (nSPS) is 21.0. The lowest BCUT2D eigenvalue weighted by Gasteiger charge is -2.34. The average molecular weight is 295 g/mol. The lowest BCUT2D eigenvalue weighted by atomic mass is 9.90. The molecule has 1 aliphatic carbocycles. The van der Waals surface area contributed by atoms with Crippen LogP contribution in [0.4, 0.5) is 5.95 Å². The van der Waals surface area contributed by atoms with Crippen molar-refractivity contribution in [2.24, 2.45) is 0 Å². The van der Waals surface area contributed by atoms with Crippen molar-refractivity contribution in [2.45, 2.75) is 25.8 Å². The number of hydrogen-bond donors (Lipinski definition) is 2. The minimum Gasteiger partial charge on any atom is -0.314 e. The van der Waals surface area contributed by atoms with Crippen LogP contribution in [0.25, 0.3) is 11.3 Å². The SMILES string of the molecule is CC1CNCCN1Nc1ncc2c(n1)-c1ccccc1CC2.